The Labute approximate surface area is 128 Å². The molecule has 1 aromatic rings. The first kappa shape index (κ1) is 16.3. The number of rotatable bonds is 5. The molecule has 4 nitrogen and oxygen atoms in total. The van der Waals surface area contributed by atoms with Crippen molar-refractivity contribution in [1.82, 2.24) is 9.80 Å². The number of hydrogen-bond donors (Lipinski definition) is 1. The van der Waals surface area contributed by atoms with Crippen LogP contribution < -0.4 is 4.74 Å². The fourth-order valence-corrected chi connectivity index (χ4v) is 3.10. The Hall–Kier alpha value is -1.10. The molecule has 118 valence electrons. The summed E-state index contributed by atoms with van der Waals surface area (Å²) in [6.45, 7) is 8.68. The van der Waals surface area contributed by atoms with E-state index in [1.807, 2.05) is 0 Å². The highest BCUT2D eigenvalue weighted by molar-refractivity contribution is 5.41. The van der Waals surface area contributed by atoms with E-state index in [1.165, 1.54) is 16.7 Å². The minimum atomic E-state index is 0.267. The topological polar surface area (TPSA) is 35.9 Å². The second kappa shape index (κ2) is 7.25. The van der Waals surface area contributed by atoms with Crippen molar-refractivity contribution in [1.29, 1.82) is 0 Å². The summed E-state index contributed by atoms with van der Waals surface area (Å²) < 4.78 is 5.39. The molecule has 1 N–H and O–H groups in total. The molecule has 0 aliphatic carbocycles. The normalized spacial score (nSPS) is 20.7. The van der Waals surface area contributed by atoms with Gasteiger partial charge in [-0.1, -0.05) is 6.07 Å². The summed E-state index contributed by atoms with van der Waals surface area (Å²) in [5.41, 5.74) is 3.86. The largest absolute Gasteiger partial charge is 0.496 e. The Morgan fingerprint density at radius 3 is 2.67 bits per heavy atom. The molecule has 1 heterocycles. The summed E-state index contributed by atoms with van der Waals surface area (Å²) in [7, 11) is 3.88. The molecule has 1 aromatic carbocycles. The predicted molar refractivity (Wildman–Crippen MR) is 85.9 cm³/mol. The Morgan fingerprint density at radius 1 is 1.24 bits per heavy atom. The van der Waals surface area contributed by atoms with Gasteiger partial charge in [-0.25, -0.2) is 0 Å². The number of aliphatic hydroxyl groups is 1. The van der Waals surface area contributed by atoms with E-state index in [2.05, 4.69) is 42.8 Å². The smallest absolute Gasteiger partial charge is 0.122 e. The zero-order valence-corrected chi connectivity index (χ0v) is 13.7. The first-order valence-corrected chi connectivity index (χ1v) is 7.72. The number of likely N-dealkylation sites (N-methyl/N-ethyl adjacent to an activating group) is 1. The molecule has 0 saturated carbocycles. The van der Waals surface area contributed by atoms with Gasteiger partial charge in [0.1, 0.15) is 5.75 Å². The van der Waals surface area contributed by atoms with E-state index in [0.717, 1.165) is 38.3 Å². The van der Waals surface area contributed by atoms with Gasteiger partial charge in [-0.3, -0.25) is 4.90 Å². The van der Waals surface area contributed by atoms with Crippen molar-refractivity contribution in [3.8, 4) is 5.75 Å². The summed E-state index contributed by atoms with van der Waals surface area (Å²) in [5.74, 6) is 0.966. The predicted octanol–water partition coefficient (Wildman–Crippen LogP) is 1.81. The molecule has 0 spiro atoms. The number of benzene rings is 1. The fourth-order valence-electron chi connectivity index (χ4n) is 3.10. The van der Waals surface area contributed by atoms with Crippen molar-refractivity contribution in [2.24, 2.45) is 0 Å². The fraction of sp³-hybridized carbons (Fsp3) is 0.647. The van der Waals surface area contributed by atoms with E-state index >= 15 is 0 Å². The van der Waals surface area contributed by atoms with E-state index < -0.39 is 0 Å². The number of nitrogens with zero attached hydrogens (tertiary/aromatic N) is 2. The van der Waals surface area contributed by atoms with Crippen LogP contribution in [0.15, 0.2) is 12.1 Å². The van der Waals surface area contributed by atoms with Crippen LogP contribution in [0.5, 0.6) is 5.75 Å². The van der Waals surface area contributed by atoms with Gasteiger partial charge < -0.3 is 14.7 Å². The molecule has 1 unspecified atom stereocenters. The van der Waals surface area contributed by atoms with Gasteiger partial charge in [0.05, 0.1) is 7.11 Å². The van der Waals surface area contributed by atoms with Crippen LogP contribution in [0, 0.1) is 13.8 Å². The lowest BCUT2D eigenvalue weighted by Gasteiger charge is -2.39. The van der Waals surface area contributed by atoms with Crippen LogP contribution in [-0.4, -0.2) is 61.3 Å². The third kappa shape index (κ3) is 3.96. The van der Waals surface area contributed by atoms with Crippen LogP contribution in [0.25, 0.3) is 0 Å². The number of ether oxygens (including phenoxy) is 1. The van der Waals surface area contributed by atoms with E-state index in [-0.39, 0.29) is 6.61 Å². The van der Waals surface area contributed by atoms with Gasteiger partial charge in [0.15, 0.2) is 0 Å². The standard InChI is InChI=1S/C17H28N2O2/c1-13-10-17(21-4)14(2)9-15(13)11-19-7-6-18(3)16(12-19)5-8-20/h9-10,16,20H,5-8,11-12H2,1-4H3. The molecule has 1 fully saturated rings. The van der Waals surface area contributed by atoms with E-state index in [0.29, 0.717) is 6.04 Å². The van der Waals surface area contributed by atoms with Gasteiger partial charge in [0.2, 0.25) is 0 Å². The molecule has 1 saturated heterocycles. The Kier molecular flexibility index (Phi) is 5.62. The lowest BCUT2D eigenvalue weighted by Crippen LogP contribution is -2.51. The average molecular weight is 292 g/mol. The highest BCUT2D eigenvalue weighted by atomic mass is 16.5. The van der Waals surface area contributed by atoms with Gasteiger partial charge in [-0.15, -0.1) is 0 Å². The molecular formula is C17H28N2O2. The Balaban J connectivity index is 2.06. The lowest BCUT2D eigenvalue weighted by atomic mass is 10.0. The highest BCUT2D eigenvalue weighted by Crippen LogP contribution is 2.24. The quantitative estimate of drug-likeness (QED) is 0.898. The molecule has 0 bridgehead atoms. The monoisotopic (exact) mass is 292 g/mol. The number of piperazine rings is 1. The first-order chi connectivity index (χ1) is 10.0. The van der Waals surface area contributed by atoms with Crippen molar-refractivity contribution in [3.05, 3.63) is 28.8 Å². The summed E-state index contributed by atoms with van der Waals surface area (Å²) in [5, 5.41) is 9.19. The second-order valence-corrected chi connectivity index (χ2v) is 6.13. The van der Waals surface area contributed by atoms with E-state index in [9.17, 15) is 5.11 Å². The first-order valence-electron chi connectivity index (χ1n) is 7.72. The van der Waals surface area contributed by atoms with Crippen molar-refractivity contribution >= 4 is 0 Å². The van der Waals surface area contributed by atoms with Gasteiger partial charge in [-0.05, 0) is 50.1 Å². The number of methoxy groups -OCH3 is 1. The highest BCUT2D eigenvalue weighted by Gasteiger charge is 2.24. The summed E-state index contributed by atoms with van der Waals surface area (Å²) in [4.78, 5) is 4.85. The SMILES string of the molecule is COc1cc(C)c(CN2CCN(C)C(CCO)C2)cc1C. The van der Waals surface area contributed by atoms with Crippen molar-refractivity contribution in [2.75, 3.05) is 40.4 Å². The molecule has 1 atom stereocenters. The van der Waals surface area contributed by atoms with Crippen molar-refractivity contribution in [3.63, 3.8) is 0 Å². The summed E-state index contributed by atoms with van der Waals surface area (Å²) >= 11 is 0. The second-order valence-electron chi connectivity index (χ2n) is 6.13. The van der Waals surface area contributed by atoms with Crippen LogP contribution in [0.2, 0.25) is 0 Å². The minimum absolute atomic E-state index is 0.267. The van der Waals surface area contributed by atoms with Crippen LogP contribution >= 0.6 is 0 Å². The van der Waals surface area contributed by atoms with E-state index in [1.54, 1.807) is 7.11 Å². The zero-order valence-electron chi connectivity index (χ0n) is 13.7. The van der Waals surface area contributed by atoms with Crippen LogP contribution in [0.4, 0.5) is 0 Å². The summed E-state index contributed by atoms with van der Waals surface area (Å²) in [6.07, 6.45) is 0.855. The van der Waals surface area contributed by atoms with E-state index in [4.69, 9.17) is 4.74 Å². The third-order valence-electron chi connectivity index (χ3n) is 4.57. The Bertz CT molecular complexity index is 476. The average Bonchev–Trinajstić information content (AvgIpc) is 2.46. The number of hydrogen-bond acceptors (Lipinski definition) is 4. The third-order valence-corrected chi connectivity index (χ3v) is 4.57. The molecule has 0 aromatic heterocycles. The number of aryl methyl sites for hydroxylation is 2. The van der Waals surface area contributed by atoms with Crippen LogP contribution in [-0.2, 0) is 6.54 Å². The van der Waals surface area contributed by atoms with Gasteiger partial charge in [0.25, 0.3) is 0 Å². The molecule has 0 radical (unpaired) electrons. The molecule has 4 heteroatoms. The van der Waals surface area contributed by atoms with Crippen LogP contribution in [0.1, 0.15) is 23.1 Å². The van der Waals surface area contributed by atoms with Gasteiger partial charge in [-0.2, -0.15) is 0 Å². The molecule has 1 aliphatic rings. The van der Waals surface area contributed by atoms with Crippen LogP contribution in [0.3, 0.4) is 0 Å². The van der Waals surface area contributed by atoms with Crippen molar-refractivity contribution in [2.45, 2.75) is 32.9 Å². The molecule has 21 heavy (non-hydrogen) atoms. The van der Waals surface area contributed by atoms with Gasteiger partial charge in [0, 0.05) is 38.8 Å². The van der Waals surface area contributed by atoms with Crippen molar-refractivity contribution < 1.29 is 9.84 Å². The Morgan fingerprint density at radius 2 is 2.00 bits per heavy atom. The molecule has 0 amide bonds. The van der Waals surface area contributed by atoms with Gasteiger partial charge >= 0.3 is 0 Å². The lowest BCUT2D eigenvalue weighted by molar-refractivity contribution is 0.0742. The molecular weight excluding hydrogens is 264 g/mol. The maximum atomic E-state index is 9.19. The maximum absolute atomic E-state index is 9.19. The molecule has 2 rings (SSSR count). The summed E-state index contributed by atoms with van der Waals surface area (Å²) in [6, 6.07) is 4.84. The number of aliphatic hydroxyl groups excluding tert-OH is 1. The maximum Gasteiger partial charge on any atom is 0.122 e. The minimum Gasteiger partial charge on any atom is -0.496 e. The zero-order chi connectivity index (χ0) is 15.4. The molecule has 1 aliphatic heterocycles.